The lowest BCUT2D eigenvalue weighted by molar-refractivity contribution is -0.134. The summed E-state index contributed by atoms with van der Waals surface area (Å²) in [5.74, 6) is -0.308. The molecule has 0 bridgehead atoms. The van der Waals surface area contributed by atoms with Gasteiger partial charge in [-0.05, 0) is 31.0 Å². The lowest BCUT2D eigenvalue weighted by Crippen LogP contribution is -2.43. The molecule has 0 N–H and O–H groups in total. The number of carbonyl (C=O) groups is 1. The standard InChI is InChI=1S/C14H28O3Si/c1-8-12(10-9-11-13(15)16-5)17-18(6,7)14(2,3)4/h9,11-12H,8,10H2,1-7H3/b11-9+. The molecule has 0 aliphatic rings. The first kappa shape index (κ1) is 17.4. The van der Waals surface area contributed by atoms with Crippen LogP contribution in [0.4, 0.5) is 0 Å². The molecular weight excluding hydrogens is 244 g/mol. The zero-order chi connectivity index (χ0) is 14.4. The Morgan fingerprint density at radius 1 is 1.33 bits per heavy atom. The van der Waals surface area contributed by atoms with Crippen molar-refractivity contribution in [3.05, 3.63) is 12.2 Å². The van der Waals surface area contributed by atoms with Gasteiger partial charge >= 0.3 is 5.97 Å². The van der Waals surface area contributed by atoms with E-state index in [1.165, 1.54) is 13.2 Å². The van der Waals surface area contributed by atoms with E-state index in [1.54, 1.807) is 0 Å². The van der Waals surface area contributed by atoms with E-state index in [2.05, 4.69) is 45.5 Å². The molecule has 1 atom stereocenters. The monoisotopic (exact) mass is 272 g/mol. The van der Waals surface area contributed by atoms with Crippen molar-refractivity contribution < 1.29 is 14.0 Å². The van der Waals surface area contributed by atoms with Crippen molar-refractivity contribution >= 4 is 14.3 Å². The molecule has 1 unspecified atom stereocenters. The van der Waals surface area contributed by atoms with Crippen LogP contribution >= 0.6 is 0 Å². The van der Waals surface area contributed by atoms with Crippen LogP contribution < -0.4 is 0 Å². The average molecular weight is 272 g/mol. The molecule has 0 aliphatic carbocycles. The predicted octanol–water partition coefficient (Wildman–Crippen LogP) is 3.91. The van der Waals surface area contributed by atoms with E-state index in [0.717, 1.165) is 12.8 Å². The quantitative estimate of drug-likeness (QED) is 0.418. The molecule has 0 saturated carbocycles. The highest BCUT2D eigenvalue weighted by Gasteiger charge is 2.38. The molecule has 18 heavy (non-hydrogen) atoms. The lowest BCUT2D eigenvalue weighted by atomic mass is 10.2. The average Bonchev–Trinajstić information content (AvgIpc) is 2.25. The van der Waals surface area contributed by atoms with Crippen LogP contribution in [0.1, 0.15) is 40.5 Å². The number of carbonyl (C=O) groups excluding carboxylic acids is 1. The van der Waals surface area contributed by atoms with E-state index < -0.39 is 8.32 Å². The minimum atomic E-state index is -1.72. The van der Waals surface area contributed by atoms with Gasteiger partial charge in [-0.1, -0.05) is 33.8 Å². The van der Waals surface area contributed by atoms with Crippen molar-refractivity contribution in [2.45, 2.75) is 64.8 Å². The SMILES string of the molecule is CCC(C/C=C/C(=O)OC)O[Si](C)(C)C(C)(C)C. The van der Waals surface area contributed by atoms with E-state index in [0.29, 0.717) is 0 Å². The molecule has 0 saturated heterocycles. The third-order valence-corrected chi connectivity index (χ3v) is 8.11. The molecule has 0 aliphatic heterocycles. The van der Waals surface area contributed by atoms with Crippen molar-refractivity contribution in [3.8, 4) is 0 Å². The minimum absolute atomic E-state index is 0.187. The molecule has 0 heterocycles. The fourth-order valence-corrected chi connectivity index (χ4v) is 2.73. The summed E-state index contributed by atoms with van der Waals surface area (Å²) in [4.78, 5) is 11.0. The second-order valence-electron chi connectivity index (χ2n) is 6.07. The van der Waals surface area contributed by atoms with E-state index in [1.807, 2.05) is 6.08 Å². The van der Waals surface area contributed by atoms with Crippen molar-refractivity contribution in [1.29, 1.82) is 0 Å². The van der Waals surface area contributed by atoms with Crippen LogP contribution in [0.25, 0.3) is 0 Å². The van der Waals surface area contributed by atoms with Gasteiger partial charge in [0.2, 0.25) is 0 Å². The number of rotatable bonds is 6. The second kappa shape index (κ2) is 7.09. The molecule has 0 spiro atoms. The van der Waals surface area contributed by atoms with E-state index in [4.69, 9.17) is 4.43 Å². The molecule has 0 aromatic carbocycles. The lowest BCUT2D eigenvalue weighted by Gasteiger charge is -2.39. The van der Waals surface area contributed by atoms with Crippen LogP contribution in [0.5, 0.6) is 0 Å². The fraction of sp³-hybridized carbons (Fsp3) is 0.786. The molecule has 106 valence electrons. The third-order valence-electron chi connectivity index (χ3n) is 3.58. The Labute approximate surface area is 113 Å². The van der Waals surface area contributed by atoms with Crippen LogP contribution in [0.2, 0.25) is 18.1 Å². The predicted molar refractivity (Wildman–Crippen MR) is 78.1 cm³/mol. The van der Waals surface area contributed by atoms with Gasteiger partial charge in [0, 0.05) is 12.2 Å². The first-order chi connectivity index (χ1) is 8.14. The van der Waals surface area contributed by atoms with E-state index in [-0.39, 0.29) is 17.1 Å². The van der Waals surface area contributed by atoms with Crippen LogP contribution in [0, 0.1) is 0 Å². The summed E-state index contributed by atoms with van der Waals surface area (Å²) in [6.45, 7) is 13.3. The molecular formula is C14H28O3Si. The smallest absolute Gasteiger partial charge is 0.330 e. The van der Waals surface area contributed by atoms with Crippen molar-refractivity contribution in [1.82, 2.24) is 0 Å². The molecule has 0 amide bonds. The van der Waals surface area contributed by atoms with Crippen LogP contribution in [0.15, 0.2) is 12.2 Å². The fourth-order valence-electron chi connectivity index (χ4n) is 1.28. The van der Waals surface area contributed by atoms with Gasteiger partial charge in [0.1, 0.15) is 0 Å². The Morgan fingerprint density at radius 3 is 2.28 bits per heavy atom. The van der Waals surface area contributed by atoms with Gasteiger partial charge in [0.15, 0.2) is 8.32 Å². The highest BCUT2D eigenvalue weighted by molar-refractivity contribution is 6.74. The van der Waals surface area contributed by atoms with Gasteiger partial charge in [0.25, 0.3) is 0 Å². The number of ether oxygens (including phenoxy) is 1. The molecule has 0 aromatic heterocycles. The maximum absolute atomic E-state index is 11.0. The summed E-state index contributed by atoms with van der Waals surface area (Å²) < 4.78 is 10.9. The number of hydrogen-bond donors (Lipinski definition) is 0. The Balaban J connectivity index is 4.45. The van der Waals surface area contributed by atoms with Gasteiger partial charge in [-0.15, -0.1) is 0 Å². The van der Waals surface area contributed by atoms with Gasteiger partial charge in [0.05, 0.1) is 7.11 Å². The van der Waals surface area contributed by atoms with Crippen LogP contribution in [-0.4, -0.2) is 27.5 Å². The summed E-state index contributed by atoms with van der Waals surface area (Å²) in [5.41, 5.74) is 0. The molecule has 4 heteroatoms. The molecule has 0 radical (unpaired) electrons. The Morgan fingerprint density at radius 2 is 1.89 bits per heavy atom. The van der Waals surface area contributed by atoms with Crippen molar-refractivity contribution in [2.75, 3.05) is 7.11 Å². The molecule has 0 aromatic rings. The van der Waals surface area contributed by atoms with E-state index in [9.17, 15) is 4.79 Å². The zero-order valence-corrected chi connectivity index (χ0v) is 13.9. The maximum atomic E-state index is 11.0. The number of esters is 1. The summed E-state index contributed by atoms with van der Waals surface area (Å²) in [6, 6.07) is 0. The Kier molecular flexibility index (Phi) is 6.85. The van der Waals surface area contributed by atoms with Gasteiger partial charge in [-0.25, -0.2) is 4.79 Å². The highest BCUT2D eigenvalue weighted by Crippen LogP contribution is 2.37. The maximum Gasteiger partial charge on any atom is 0.330 e. The largest absolute Gasteiger partial charge is 0.466 e. The number of methoxy groups -OCH3 is 1. The Bertz CT molecular complexity index is 290. The van der Waals surface area contributed by atoms with E-state index >= 15 is 0 Å². The normalized spacial score (nSPS) is 14.8. The minimum Gasteiger partial charge on any atom is -0.466 e. The topological polar surface area (TPSA) is 35.5 Å². The summed E-state index contributed by atoms with van der Waals surface area (Å²) in [6.07, 6.45) is 5.22. The van der Waals surface area contributed by atoms with Crippen LogP contribution in [-0.2, 0) is 14.0 Å². The van der Waals surface area contributed by atoms with Crippen molar-refractivity contribution in [2.24, 2.45) is 0 Å². The zero-order valence-electron chi connectivity index (χ0n) is 12.9. The van der Waals surface area contributed by atoms with Gasteiger partial charge < -0.3 is 9.16 Å². The number of hydrogen-bond acceptors (Lipinski definition) is 3. The Hall–Kier alpha value is -0.613. The first-order valence-electron chi connectivity index (χ1n) is 6.56. The molecule has 0 rings (SSSR count). The first-order valence-corrected chi connectivity index (χ1v) is 9.47. The second-order valence-corrected chi connectivity index (χ2v) is 10.8. The van der Waals surface area contributed by atoms with Crippen molar-refractivity contribution in [3.63, 3.8) is 0 Å². The summed E-state index contributed by atoms with van der Waals surface area (Å²) in [5, 5.41) is 0.215. The third kappa shape index (κ3) is 5.82. The molecule has 0 fully saturated rings. The summed E-state index contributed by atoms with van der Waals surface area (Å²) >= 11 is 0. The summed E-state index contributed by atoms with van der Waals surface area (Å²) in [7, 11) is -0.339. The van der Waals surface area contributed by atoms with Crippen LogP contribution in [0.3, 0.4) is 0 Å². The highest BCUT2D eigenvalue weighted by atomic mass is 28.4. The van der Waals surface area contributed by atoms with Gasteiger partial charge in [-0.2, -0.15) is 0 Å². The van der Waals surface area contributed by atoms with Gasteiger partial charge in [-0.3, -0.25) is 0 Å². The molecule has 3 nitrogen and oxygen atoms in total.